The summed E-state index contributed by atoms with van der Waals surface area (Å²) in [6.45, 7) is 0. The number of benzene rings is 1. The molecule has 90 valence electrons. The highest BCUT2D eigenvalue weighted by Crippen LogP contribution is 2.13. The lowest BCUT2D eigenvalue weighted by Gasteiger charge is -1.95. The van der Waals surface area contributed by atoms with Crippen molar-refractivity contribution < 1.29 is 10.0 Å². The highest BCUT2D eigenvalue weighted by molar-refractivity contribution is 5.68. The molecule has 0 radical (unpaired) electrons. The van der Waals surface area contributed by atoms with Gasteiger partial charge in [0.2, 0.25) is 0 Å². The molecule has 0 spiro atoms. The molecule has 0 saturated carbocycles. The molecule has 0 saturated heterocycles. The third-order valence-corrected chi connectivity index (χ3v) is 2.32. The molecule has 0 unspecified atom stereocenters. The molecule has 0 amide bonds. The molecule has 0 aliphatic rings. The number of rotatable bonds is 3. The lowest BCUT2D eigenvalue weighted by Crippen LogP contribution is -1.89. The van der Waals surface area contributed by atoms with Crippen molar-refractivity contribution in [3.8, 4) is 5.75 Å². The van der Waals surface area contributed by atoms with Crippen LogP contribution >= 0.6 is 0 Å². The summed E-state index contributed by atoms with van der Waals surface area (Å²) in [5.74, 6) is 0.209. The van der Waals surface area contributed by atoms with Crippen LogP contribution in [0.2, 0.25) is 0 Å². The van der Waals surface area contributed by atoms with Crippen molar-refractivity contribution in [2.45, 2.75) is 0 Å². The number of pyridine rings is 1. The van der Waals surface area contributed by atoms with E-state index in [2.05, 4.69) is 4.98 Å². The van der Waals surface area contributed by atoms with Crippen molar-refractivity contribution in [3.05, 3.63) is 64.0 Å². The standard InChI is InChI=1S/C13H10N2O3/c16-13-7-2-10(3-8-13)1-4-11-5-6-12(9-14-11)15(17)18/h1-9,16H/b4-1+. The molecule has 0 aliphatic heterocycles. The summed E-state index contributed by atoms with van der Waals surface area (Å²) in [6.07, 6.45) is 4.78. The Morgan fingerprint density at radius 3 is 2.39 bits per heavy atom. The van der Waals surface area contributed by atoms with Crippen LogP contribution in [0, 0.1) is 10.1 Å². The summed E-state index contributed by atoms with van der Waals surface area (Å²) in [4.78, 5) is 13.9. The Balaban J connectivity index is 2.13. The minimum atomic E-state index is -0.486. The van der Waals surface area contributed by atoms with E-state index in [1.807, 2.05) is 6.08 Å². The van der Waals surface area contributed by atoms with Gasteiger partial charge in [-0.25, -0.2) is 4.98 Å². The summed E-state index contributed by atoms with van der Waals surface area (Å²) >= 11 is 0. The maximum Gasteiger partial charge on any atom is 0.287 e. The quantitative estimate of drug-likeness (QED) is 0.663. The van der Waals surface area contributed by atoms with Crippen LogP contribution in [0.25, 0.3) is 12.2 Å². The molecular weight excluding hydrogens is 232 g/mol. The molecule has 2 aromatic rings. The van der Waals surface area contributed by atoms with Gasteiger partial charge in [0.15, 0.2) is 0 Å². The van der Waals surface area contributed by atoms with Gasteiger partial charge in [-0.1, -0.05) is 18.2 Å². The number of nitrogens with zero attached hydrogens (tertiary/aromatic N) is 2. The smallest absolute Gasteiger partial charge is 0.287 e. The molecule has 2 rings (SSSR count). The van der Waals surface area contributed by atoms with E-state index >= 15 is 0 Å². The van der Waals surface area contributed by atoms with Gasteiger partial charge >= 0.3 is 0 Å². The Kier molecular flexibility index (Phi) is 3.33. The second kappa shape index (κ2) is 5.09. The molecule has 18 heavy (non-hydrogen) atoms. The van der Waals surface area contributed by atoms with E-state index in [1.165, 1.54) is 12.3 Å². The molecule has 1 aromatic heterocycles. The van der Waals surface area contributed by atoms with E-state index in [0.29, 0.717) is 5.69 Å². The zero-order valence-corrected chi connectivity index (χ0v) is 9.35. The van der Waals surface area contributed by atoms with Crippen LogP contribution in [-0.4, -0.2) is 15.0 Å². The number of hydrogen-bond donors (Lipinski definition) is 1. The van der Waals surface area contributed by atoms with Crippen LogP contribution in [0.15, 0.2) is 42.6 Å². The normalized spacial score (nSPS) is 10.7. The van der Waals surface area contributed by atoms with Crippen LogP contribution in [0.4, 0.5) is 5.69 Å². The molecule has 5 heteroatoms. The zero-order chi connectivity index (χ0) is 13.0. The van der Waals surface area contributed by atoms with Gasteiger partial charge in [-0.3, -0.25) is 10.1 Å². The Hall–Kier alpha value is -2.69. The minimum Gasteiger partial charge on any atom is -0.508 e. The van der Waals surface area contributed by atoms with Crippen molar-refractivity contribution in [1.29, 1.82) is 0 Å². The summed E-state index contributed by atoms with van der Waals surface area (Å²) in [6, 6.07) is 9.68. The van der Waals surface area contributed by atoms with Gasteiger partial charge in [-0.15, -0.1) is 0 Å². The topological polar surface area (TPSA) is 76.3 Å². The zero-order valence-electron chi connectivity index (χ0n) is 9.35. The molecule has 0 aliphatic carbocycles. The molecule has 1 aromatic carbocycles. The minimum absolute atomic E-state index is 0.0308. The van der Waals surface area contributed by atoms with Gasteiger partial charge in [0.1, 0.15) is 11.9 Å². The molecular formula is C13H10N2O3. The average Bonchev–Trinajstić information content (AvgIpc) is 2.38. The van der Waals surface area contributed by atoms with Crippen molar-refractivity contribution in [1.82, 2.24) is 4.98 Å². The predicted octanol–water partition coefficient (Wildman–Crippen LogP) is 2.87. The Morgan fingerprint density at radius 2 is 1.83 bits per heavy atom. The Bertz CT molecular complexity index is 574. The Labute approximate surface area is 103 Å². The maximum absolute atomic E-state index is 10.4. The predicted molar refractivity (Wildman–Crippen MR) is 67.9 cm³/mol. The fourth-order valence-electron chi connectivity index (χ4n) is 1.37. The third kappa shape index (κ3) is 2.91. The fourth-order valence-corrected chi connectivity index (χ4v) is 1.37. The largest absolute Gasteiger partial charge is 0.508 e. The molecule has 0 atom stereocenters. The van der Waals surface area contributed by atoms with Crippen LogP contribution in [0.3, 0.4) is 0 Å². The van der Waals surface area contributed by atoms with Gasteiger partial charge in [0.25, 0.3) is 5.69 Å². The number of phenols is 1. The second-order valence-electron chi connectivity index (χ2n) is 3.62. The lowest BCUT2D eigenvalue weighted by atomic mass is 10.2. The fraction of sp³-hybridized carbons (Fsp3) is 0. The van der Waals surface area contributed by atoms with Gasteiger partial charge in [0, 0.05) is 6.07 Å². The molecule has 0 bridgehead atoms. The molecule has 1 heterocycles. The molecule has 1 N–H and O–H groups in total. The van der Waals surface area contributed by atoms with E-state index in [0.717, 1.165) is 5.56 Å². The summed E-state index contributed by atoms with van der Waals surface area (Å²) in [5, 5.41) is 19.6. The van der Waals surface area contributed by atoms with Gasteiger partial charge in [0.05, 0.1) is 10.6 Å². The number of hydrogen-bond acceptors (Lipinski definition) is 4. The first kappa shape index (κ1) is 11.8. The van der Waals surface area contributed by atoms with E-state index in [1.54, 1.807) is 36.4 Å². The van der Waals surface area contributed by atoms with E-state index in [-0.39, 0.29) is 11.4 Å². The second-order valence-corrected chi connectivity index (χ2v) is 3.62. The molecule has 0 fully saturated rings. The van der Waals surface area contributed by atoms with Gasteiger partial charge in [-0.2, -0.15) is 0 Å². The van der Waals surface area contributed by atoms with Crippen LogP contribution in [0.1, 0.15) is 11.3 Å². The van der Waals surface area contributed by atoms with E-state index < -0.39 is 4.92 Å². The SMILES string of the molecule is O=[N+]([O-])c1ccc(/C=C/c2ccc(O)cc2)nc1. The van der Waals surface area contributed by atoms with E-state index in [4.69, 9.17) is 5.11 Å². The summed E-state index contributed by atoms with van der Waals surface area (Å²) < 4.78 is 0. The van der Waals surface area contributed by atoms with Crippen LogP contribution < -0.4 is 0 Å². The Morgan fingerprint density at radius 1 is 1.11 bits per heavy atom. The monoisotopic (exact) mass is 242 g/mol. The average molecular weight is 242 g/mol. The summed E-state index contributed by atoms with van der Waals surface area (Å²) in [5.41, 5.74) is 1.51. The summed E-state index contributed by atoms with van der Waals surface area (Å²) in [7, 11) is 0. The highest BCUT2D eigenvalue weighted by atomic mass is 16.6. The first-order valence-corrected chi connectivity index (χ1v) is 5.23. The third-order valence-electron chi connectivity index (χ3n) is 2.32. The number of aromatic nitrogens is 1. The van der Waals surface area contributed by atoms with E-state index in [9.17, 15) is 10.1 Å². The van der Waals surface area contributed by atoms with Crippen molar-refractivity contribution >= 4 is 17.8 Å². The number of aromatic hydroxyl groups is 1. The van der Waals surface area contributed by atoms with Crippen molar-refractivity contribution in [2.75, 3.05) is 0 Å². The first-order valence-electron chi connectivity index (χ1n) is 5.23. The number of phenolic OH excluding ortho intramolecular Hbond substituents is 1. The van der Waals surface area contributed by atoms with Gasteiger partial charge in [-0.05, 0) is 29.8 Å². The van der Waals surface area contributed by atoms with Crippen LogP contribution in [0.5, 0.6) is 5.75 Å². The van der Waals surface area contributed by atoms with Crippen LogP contribution in [-0.2, 0) is 0 Å². The number of nitro groups is 1. The highest BCUT2D eigenvalue weighted by Gasteiger charge is 2.03. The van der Waals surface area contributed by atoms with Gasteiger partial charge < -0.3 is 5.11 Å². The maximum atomic E-state index is 10.4. The van der Waals surface area contributed by atoms with Crippen molar-refractivity contribution in [2.24, 2.45) is 0 Å². The molecule has 5 nitrogen and oxygen atoms in total. The van der Waals surface area contributed by atoms with Crippen molar-refractivity contribution in [3.63, 3.8) is 0 Å². The lowest BCUT2D eigenvalue weighted by molar-refractivity contribution is -0.385. The first-order chi connectivity index (χ1) is 8.65.